The summed E-state index contributed by atoms with van der Waals surface area (Å²) in [6.45, 7) is 0. The third-order valence-electron chi connectivity index (χ3n) is 2.07. The van der Waals surface area contributed by atoms with Crippen molar-refractivity contribution in [3.63, 3.8) is 0 Å². The Kier molecular flexibility index (Phi) is 1.87. The molecule has 2 rings (SSSR count). The van der Waals surface area contributed by atoms with Gasteiger partial charge < -0.3 is 0 Å². The first-order valence-corrected chi connectivity index (χ1v) is 4.14. The molecule has 76 valence electrons. The van der Waals surface area contributed by atoms with E-state index in [0.29, 0.717) is 6.07 Å². The first-order valence-electron chi connectivity index (χ1n) is 4.14. The van der Waals surface area contributed by atoms with Gasteiger partial charge in [-0.05, 0) is 12.8 Å². The van der Waals surface area contributed by atoms with Crippen LogP contribution in [0.4, 0.5) is 13.2 Å². The molecule has 1 fully saturated rings. The molecule has 0 aliphatic heterocycles. The van der Waals surface area contributed by atoms with E-state index in [9.17, 15) is 18.0 Å². The van der Waals surface area contributed by atoms with Gasteiger partial charge in [0.25, 0.3) is 5.56 Å². The molecule has 0 bridgehead atoms. The minimum Gasteiger partial charge on any atom is -0.296 e. The van der Waals surface area contributed by atoms with E-state index in [0.717, 1.165) is 19.2 Å². The fraction of sp³-hybridized carbons (Fsp3) is 0.500. The highest BCUT2D eigenvalue weighted by Gasteiger charge is 2.34. The molecule has 0 aromatic carbocycles. The molecule has 1 heterocycles. The lowest BCUT2D eigenvalue weighted by molar-refractivity contribution is -0.141. The Bertz CT molecular complexity index is 406. The van der Waals surface area contributed by atoms with Crippen molar-refractivity contribution in [3.05, 3.63) is 28.4 Å². The summed E-state index contributed by atoms with van der Waals surface area (Å²) < 4.78 is 37.6. The summed E-state index contributed by atoms with van der Waals surface area (Å²) in [5, 5.41) is 0. The van der Waals surface area contributed by atoms with Crippen molar-refractivity contribution in [1.29, 1.82) is 0 Å². The molecular formula is C8H7F3N2O. The van der Waals surface area contributed by atoms with Gasteiger partial charge in [0, 0.05) is 12.1 Å². The van der Waals surface area contributed by atoms with Crippen LogP contribution in [0, 0.1) is 0 Å². The van der Waals surface area contributed by atoms with Crippen LogP contribution in [-0.4, -0.2) is 9.55 Å². The molecule has 0 saturated heterocycles. The van der Waals surface area contributed by atoms with E-state index in [4.69, 9.17) is 0 Å². The average molecular weight is 204 g/mol. The Morgan fingerprint density at radius 1 is 1.43 bits per heavy atom. The van der Waals surface area contributed by atoms with Crippen molar-refractivity contribution in [2.45, 2.75) is 25.1 Å². The highest BCUT2D eigenvalue weighted by Crippen LogP contribution is 2.33. The fourth-order valence-electron chi connectivity index (χ4n) is 1.19. The summed E-state index contributed by atoms with van der Waals surface area (Å²) in [6, 6.07) is 0.593. The van der Waals surface area contributed by atoms with Crippen LogP contribution in [0.1, 0.15) is 24.6 Å². The molecule has 6 heteroatoms. The maximum Gasteiger partial charge on any atom is 0.433 e. The lowest BCUT2D eigenvalue weighted by atomic mass is 10.4. The number of alkyl halides is 3. The lowest BCUT2D eigenvalue weighted by Crippen LogP contribution is -2.22. The second-order valence-electron chi connectivity index (χ2n) is 3.25. The number of hydrogen-bond donors (Lipinski definition) is 0. The quantitative estimate of drug-likeness (QED) is 0.696. The van der Waals surface area contributed by atoms with Crippen molar-refractivity contribution in [3.8, 4) is 0 Å². The van der Waals surface area contributed by atoms with Gasteiger partial charge in [0.15, 0.2) is 5.69 Å². The van der Waals surface area contributed by atoms with Gasteiger partial charge in [0.1, 0.15) is 0 Å². The molecule has 1 saturated carbocycles. The zero-order chi connectivity index (χ0) is 10.3. The number of rotatable bonds is 1. The van der Waals surface area contributed by atoms with Gasteiger partial charge in [-0.25, -0.2) is 4.98 Å². The van der Waals surface area contributed by atoms with Crippen molar-refractivity contribution in [2.24, 2.45) is 0 Å². The van der Waals surface area contributed by atoms with Gasteiger partial charge in [0.2, 0.25) is 0 Å². The van der Waals surface area contributed by atoms with Crippen molar-refractivity contribution >= 4 is 0 Å². The third kappa shape index (κ3) is 1.64. The van der Waals surface area contributed by atoms with Crippen LogP contribution in [0.5, 0.6) is 0 Å². The normalized spacial score (nSPS) is 17.1. The molecule has 0 radical (unpaired) electrons. The molecule has 1 aromatic rings. The van der Waals surface area contributed by atoms with E-state index in [-0.39, 0.29) is 6.04 Å². The Balaban J connectivity index is 2.40. The molecule has 0 N–H and O–H groups in total. The first kappa shape index (κ1) is 9.23. The second kappa shape index (κ2) is 2.83. The van der Waals surface area contributed by atoms with Crippen LogP contribution in [0.2, 0.25) is 0 Å². The molecule has 1 aliphatic rings. The summed E-state index contributed by atoms with van der Waals surface area (Å²) in [4.78, 5) is 14.4. The minimum absolute atomic E-state index is 0.0530. The van der Waals surface area contributed by atoms with Gasteiger partial charge in [-0.1, -0.05) is 0 Å². The second-order valence-corrected chi connectivity index (χ2v) is 3.25. The van der Waals surface area contributed by atoms with E-state index in [1.807, 2.05) is 0 Å². The number of halogens is 3. The monoisotopic (exact) mass is 204 g/mol. The van der Waals surface area contributed by atoms with Gasteiger partial charge in [0.05, 0.1) is 6.33 Å². The first-order chi connectivity index (χ1) is 6.48. The Morgan fingerprint density at radius 3 is 2.50 bits per heavy atom. The van der Waals surface area contributed by atoms with Crippen molar-refractivity contribution in [1.82, 2.24) is 9.55 Å². The highest BCUT2D eigenvalue weighted by molar-refractivity contribution is 5.05. The van der Waals surface area contributed by atoms with Gasteiger partial charge in [-0.2, -0.15) is 13.2 Å². The predicted octanol–water partition coefficient (Wildman–Crippen LogP) is 1.60. The standard InChI is InChI=1S/C8H7F3N2O/c9-8(10,11)6-3-7(14)13(4-12-6)5-1-2-5/h3-5H,1-2H2. The maximum absolute atomic E-state index is 12.1. The van der Waals surface area contributed by atoms with E-state index in [1.54, 1.807) is 0 Å². The topological polar surface area (TPSA) is 34.9 Å². The summed E-state index contributed by atoms with van der Waals surface area (Å²) in [5.41, 5.74) is -1.76. The fourth-order valence-corrected chi connectivity index (χ4v) is 1.19. The molecule has 0 spiro atoms. The van der Waals surface area contributed by atoms with E-state index in [1.165, 1.54) is 4.57 Å². The lowest BCUT2D eigenvalue weighted by Gasteiger charge is -2.06. The molecule has 1 aliphatic carbocycles. The molecule has 0 atom stereocenters. The third-order valence-corrected chi connectivity index (χ3v) is 2.07. The van der Waals surface area contributed by atoms with Crippen LogP contribution in [0.15, 0.2) is 17.2 Å². The molecule has 0 amide bonds. The summed E-state index contributed by atoms with van der Waals surface area (Å²) in [6.07, 6.45) is -1.88. The number of hydrogen-bond acceptors (Lipinski definition) is 2. The summed E-state index contributed by atoms with van der Waals surface area (Å²) in [7, 11) is 0. The van der Waals surface area contributed by atoms with Gasteiger partial charge in [-0.15, -0.1) is 0 Å². The zero-order valence-electron chi connectivity index (χ0n) is 7.08. The van der Waals surface area contributed by atoms with E-state index >= 15 is 0 Å². The van der Waals surface area contributed by atoms with Gasteiger partial charge in [-0.3, -0.25) is 9.36 Å². The van der Waals surface area contributed by atoms with Gasteiger partial charge >= 0.3 is 6.18 Å². The largest absolute Gasteiger partial charge is 0.433 e. The maximum atomic E-state index is 12.1. The van der Waals surface area contributed by atoms with Crippen LogP contribution in [0.3, 0.4) is 0 Å². The molecular weight excluding hydrogens is 197 g/mol. The van der Waals surface area contributed by atoms with Crippen LogP contribution in [-0.2, 0) is 6.18 Å². The molecule has 0 unspecified atom stereocenters. The Hall–Kier alpha value is -1.33. The minimum atomic E-state index is -4.54. The van der Waals surface area contributed by atoms with Crippen molar-refractivity contribution < 1.29 is 13.2 Å². The van der Waals surface area contributed by atoms with E-state index < -0.39 is 17.4 Å². The SMILES string of the molecule is O=c1cc(C(F)(F)F)ncn1C1CC1. The van der Waals surface area contributed by atoms with Crippen LogP contribution >= 0.6 is 0 Å². The molecule has 14 heavy (non-hydrogen) atoms. The zero-order valence-corrected chi connectivity index (χ0v) is 7.08. The summed E-state index contributed by atoms with van der Waals surface area (Å²) in [5.74, 6) is 0. The molecule has 1 aromatic heterocycles. The Labute approximate surface area is 77.2 Å². The van der Waals surface area contributed by atoms with Crippen molar-refractivity contribution in [2.75, 3.05) is 0 Å². The summed E-state index contributed by atoms with van der Waals surface area (Å²) >= 11 is 0. The number of aromatic nitrogens is 2. The Morgan fingerprint density at radius 2 is 2.07 bits per heavy atom. The highest BCUT2D eigenvalue weighted by atomic mass is 19.4. The van der Waals surface area contributed by atoms with E-state index in [2.05, 4.69) is 4.98 Å². The molecule has 3 nitrogen and oxygen atoms in total. The predicted molar refractivity (Wildman–Crippen MR) is 41.8 cm³/mol. The smallest absolute Gasteiger partial charge is 0.296 e. The number of nitrogens with zero attached hydrogens (tertiary/aromatic N) is 2. The average Bonchev–Trinajstić information content (AvgIpc) is 2.85. The van der Waals surface area contributed by atoms with Crippen LogP contribution < -0.4 is 5.56 Å². The van der Waals surface area contributed by atoms with Crippen LogP contribution in [0.25, 0.3) is 0 Å².